The molecule has 0 spiro atoms. The van der Waals surface area contributed by atoms with Gasteiger partial charge < -0.3 is 4.42 Å². The average molecular weight is 318 g/mol. The number of thiazole rings is 1. The van der Waals surface area contributed by atoms with Crippen molar-refractivity contribution >= 4 is 22.2 Å². The van der Waals surface area contributed by atoms with Crippen molar-refractivity contribution in [3.63, 3.8) is 0 Å². The van der Waals surface area contributed by atoms with Crippen molar-refractivity contribution < 1.29 is 9.34 Å². The van der Waals surface area contributed by atoms with Crippen molar-refractivity contribution in [3.8, 4) is 11.5 Å². The van der Waals surface area contributed by atoms with Crippen molar-refractivity contribution in [1.82, 2.24) is 14.3 Å². The summed E-state index contributed by atoms with van der Waals surface area (Å²) in [5, 5.41) is 12.8. The van der Waals surface area contributed by atoms with Gasteiger partial charge >= 0.3 is 5.88 Å². The van der Waals surface area contributed by atoms with Crippen molar-refractivity contribution in [2.24, 2.45) is 0 Å². The first-order valence-electron chi connectivity index (χ1n) is 7.14. The van der Waals surface area contributed by atoms with Crippen LogP contribution >= 0.6 is 11.3 Å². The molecule has 8 heteroatoms. The van der Waals surface area contributed by atoms with Crippen molar-refractivity contribution in [3.05, 3.63) is 39.5 Å². The summed E-state index contributed by atoms with van der Waals surface area (Å²) in [4.78, 5) is 18.1. The van der Waals surface area contributed by atoms with Gasteiger partial charge in [0, 0.05) is 18.1 Å². The number of fused-ring (bicyclic) bond motifs is 1. The number of aromatic nitrogens is 2. The van der Waals surface area contributed by atoms with Gasteiger partial charge in [-0.05, 0) is 32.0 Å². The van der Waals surface area contributed by atoms with Crippen LogP contribution in [0.1, 0.15) is 18.5 Å². The second-order valence-corrected chi connectivity index (χ2v) is 6.21. The highest BCUT2D eigenvalue weighted by Crippen LogP contribution is 2.31. The fourth-order valence-corrected chi connectivity index (χ4v) is 3.62. The average Bonchev–Trinajstić information content (AvgIpc) is 3.24. The Morgan fingerprint density at radius 3 is 2.91 bits per heavy atom. The van der Waals surface area contributed by atoms with Crippen LogP contribution in [-0.4, -0.2) is 32.3 Å². The third kappa shape index (κ3) is 2.20. The van der Waals surface area contributed by atoms with Gasteiger partial charge in [0.15, 0.2) is 10.7 Å². The van der Waals surface area contributed by atoms with E-state index in [-0.39, 0.29) is 5.88 Å². The number of rotatable bonds is 4. The lowest BCUT2D eigenvalue weighted by Gasteiger charge is -2.14. The van der Waals surface area contributed by atoms with E-state index in [1.54, 1.807) is 17.4 Å². The van der Waals surface area contributed by atoms with Crippen LogP contribution in [0.3, 0.4) is 0 Å². The van der Waals surface area contributed by atoms with Gasteiger partial charge in [-0.25, -0.2) is 4.98 Å². The first-order valence-corrected chi connectivity index (χ1v) is 8.02. The zero-order valence-corrected chi connectivity index (χ0v) is 12.6. The number of hydrogen-bond donors (Lipinski definition) is 0. The van der Waals surface area contributed by atoms with Gasteiger partial charge in [0.25, 0.3) is 0 Å². The molecule has 0 aliphatic carbocycles. The number of hydrogen-bond acceptors (Lipinski definition) is 6. The summed E-state index contributed by atoms with van der Waals surface area (Å²) in [6.07, 6.45) is 4.42. The van der Waals surface area contributed by atoms with E-state index in [2.05, 4.69) is 9.88 Å². The van der Waals surface area contributed by atoms with E-state index < -0.39 is 4.92 Å². The van der Waals surface area contributed by atoms with Crippen molar-refractivity contribution in [2.45, 2.75) is 19.4 Å². The predicted octanol–water partition coefficient (Wildman–Crippen LogP) is 3.16. The van der Waals surface area contributed by atoms with Crippen molar-refractivity contribution in [2.75, 3.05) is 13.1 Å². The summed E-state index contributed by atoms with van der Waals surface area (Å²) in [5.74, 6) is 0.204. The van der Waals surface area contributed by atoms with E-state index in [0.717, 1.165) is 30.3 Å². The minimum atomic E-state index is -0.526. The third-order valence-corrected chi connectivity index (χ3v) is 4.69. The van der Waals surface area contributed by atoms with Crippen LogP contribution in [0.2, 0.25) is 0 Å². The summed E-state index contributed by atoms with van der Waals surface area (Å²) in [6.45, 7) is 2.94. The zero-order valence-electron chi connectivity index (χ0n) is 11.8. The minimum Gasteiger partial charge on any atom is -0.399 e. The summed E-state index contributed by atoms with van der Waals surface area (Å²) >= 11 is 1.55. The highest BCUT2D eigenvalue weighted by molar-refractivity contribution is 7.15. The summed E-state index contributed by atoms with van der Waals surface area (Å²) in [5.41, 5.74) is 1.73. The molecule has 1 aliphatic heterocycles. The van der Waals surface area contributed by atoms with Gasteiger partial charge in [-0.2, -0.15) is 0 Å². The topological polar surface area (TPSA) is 76.8 Å². The molecule has 7 nitrogen and oxygen atoms in total. The van der Waals surface area contributed by atoms with E-state index >= 15 is 0 Å². The molecule has 1 saturated heterocycles. The molecular formula is C14H14N4O3S. The quantitative estimate of drug-likeness (QED) is 0.545. The number of likely N-dealkylation sites (tertiary alicyclic amines) is 1. The Kier molecular flexibility index (Phi) is 3.20. The molecule has 22 heavy (non-hydrogen) atoms. The summed E-state index contributed by atoms with van der Waals surface area (Å²) < 4.78 is 7.39. The summed E-state index contributed by atoms with van der Waals surface area (Å²) in [7, 11) is 0. The predicted molar refractivity (Wildman–Crippen MR) is 81.9 cm³/mol. The van der Waals surface area contributed by atoms with Crippen molar-refractivity contribution in [1.29, 1.82) is 0 Å². The maximum atomic E-state index is 10.8. The van der Waals surface area contributed by atoms with E-state index in [0.29, 0.717) is 11.5 Å². The number of furan rings is 1. The fourth-order valence-electron chi connectivity index (χ4n) is 2.89. The first kappa shape index (κ1) is 13.5. The maximum absolute atomic E-state index is 10.8. The lowest BCUT2D eigenvalue weighted by atomic mass is 10.2. The molecule has 0 amide bonds. The smallest absolute Gasteiger partial charge is 0.399 e. The highest BCUT2D eigenvalue weighted by atomic mass is 32.1. The minimum absolute atomic E-state index is 0.251. The molecule has 3 aromatic heterocycles. The Morgan fingerprint density at radius 2 is 2.18 bits per heavy atom. The van der Waals surface area contributed by atoms with Gasteiger partial charge in [-0.3, -0.25) is 19.4 Å². The lowest BCUT2D eigenvalue weighted by molar-refractivity contribution is -0.401. The Hall–Kier alpha value is -2.19. The van der Waals surface area contributed by atoms with Crippen LogP contribution < -0.4 is 0 Å². The molecule has 4 rings (SSSR count). The molecule has 0 N–H and O–H groups in total. The molecule has 3 aromatic rings. The standard InChI is InChI=1S/C14H14N4O3S/c19-18(20)12-4-3-11(21-12)13-10(9-16-5-1-2-6-16)17-7-8-22-14(17)15-13/h3-4,7-8H,1-2,5-6,9H2. The van der Waals surface area contributed by atoms with Gasteiger partial charge in [0.05, 0.1) is 11.8 Å². The Bertz CT molecular complexity index is 828. The molecule has 0 saturated carbocycles. The monoisotopic (exact) mass is 318 g/mol. The Labute approximate surface area is 129 Å². The molecule has 0 aromatic carbocycles. The number of nitrogens with zero attached hydrogens (tertiary/aromatic N) is 4. The van der Waals surface area contributed by atoms with E-state index in [1.807, 2.05) is 16.0 Å². The molecule has 0 radical (unpaired) electrons. The largest absolute Gasteiger partial charge is 0.433 e. The second-order valence-electron chi connectivity index (χ2n) is 5.34. The van der Waals surface area contributed by atoms with Gasteiger partial charge in [0.2, 0.25) is 0 Å². The normalized spacial score (nSPS) is 15.8. The van der Waals surface area contributed by atoms with E-state index in [1.165, 1.54) is 18.9 Å². The van der Waals surface area contributed by atoms with Gasteiger partial charge in [-0.1, -0.05) is 0 Å². The Balaban J connectivity index is 1.77. The zero-order chi connectivity index (χ0) is 15.1. The van der Waals surface area contributed by atoms with E-state index in [4.69, 9.17) is 4.42 Å². The van der Waals surface area contributed by atoms with Crippen LogP contribution in [0.4, 0.5) is 5.88 Å². The Morgan fingerprint density at radius 1 is 1.36 bits per heavy atom. The second kappa shape index (κ2) is 5.22. The maximum Gasteiger partial charge on any atom is 0.433 e. The van der Waals surface area contributed by atoms with Crippen LogP contribution in [0.15, 0.2) is 28.1 Å². The molecular weight excluding hydrogens is 304 g/mol. The molecule has 1 fully saturated rings. The van der Waals surface area contributed by atoms with E-state index in [9.17, 15) is 10.1 Å². The molecule has 114 valence electrons. The highest BCUT2D eigenvalue weighted by Gasteiger charge is 2.23. The number of imidazole rings is 1. The molecule has 0 unspecified atom stereocenters. The number of nitro groups is 1. The SMILES string of the molecule is O=[N+]([O-])c1ccc(-c2nc3sccn3c2CN2CCCC2)o1. The van der Waals surface area contributed by atoms with Crippen LogP contribution in [0, 0.1) is 10.1 Å². The summed E-state index contributed by atoms with van der Waals surface area (Å²) in [6, 6.07) is 3.00. The molecule has 4 heterocycles. The fraction of sp³-hybridized carbons (Fsp3) is 0.357. The van der Waals surface area contributed by atoms with Crippen LogP contribution in [0.25, 0.3) is 16.4 Å². The third-order valence-electron chi connectivity index (χ3n) is 3.94. The molecule has 1 aliphatic rings. The molecule has 0 bridgehead atoms. The lowest BCUT2D eigenvalue weighted by Crippen LogP contribution is -2.19. The molecule has 0 atom stereocenters. The first-order chi connectivity index (χ1) is 10.7. The van der Waals surface area contributed by atoms with Crippen LogP contribution in [-0.2, 0) is 6.54 Å². The van der Waals surface area contributed by atoms with Gasteiger partial charge in [-0.15, -0.1) is 11.3 Å². The van der Waals surface area contributed by atoms with Gasteiger partial charge in [0.1, 0.15) is 10.6 Å². The van der Waals surface area contributed by atoms with Crippen LogP contribution in [0.5, 0.6) is 0 Å².